The summed E-state index contributed by atoms with van der Waals surface area (Å²) in [6, 6.07) is 1.23. The Morgan fingerprint density at radius 2 is 1.91 bits per heavy atom. The number of alkyl halides is 3. The summed E-state index contributed by atoms with van der Waals surface area (Å²) < 4.78 is 78.0. The van der Waals surface area contributed by atoms with Crippen LogP contribution in [0.1, 0.15) is 24.8 Å². The van der Waals surface area contributed by atoms with Gasteiger partial charge in [-0.25, -0.2) is 17.5 Å². The molecular weight excluding hydrogens is 360 g/mol. The molecule has 1 aromatic rings. The molecule has 1 aromatic carbocycles. The fourth-order valence-electron chi connectivity index (χ4n) is 2.63. The maximum atomic E-state index is 13.2. The van der Waals surface area contributed by atoms with E-state index in [1.807, 2.05) is 0 Å². The Morgan fingerprint density at radius 1 is 1.26 bits per heavy atom. The second kappa shape index (κ2) is 7.33. The number of sulfonamides is 1. The number of hydrogen-bond donors (Lipinski definition) is 2. The van der Waals surface area contributed by atoms with Crippen LogP contribution in [-0.4, -0.2) is 21.0 Å². The molecule has 2 unspecified atom stereocenters. The SMILES string of the molecule is Cl.NCC1CCCC1NS(=O)(=O)c1ccc(F)c(C(F)(F)F)c1. The Hall–Kier alpha value is -0.900. The molecule has 1 fully saturated rings. The number of rotatable bonds is 4. The second-order valence-electron chi connectivity index (χ2n) is 5.29. The zero-order valence-electron chi connectivity index (χ0n) is 11.9. The Kier molecular flexibility index (Phi) is 6.42. The summed E-state index contributed by atoms with van der Waals surface area (Å²) in [5, 5.41) is 0. The van der Waals surface area contributed by atoms with Crippen LogP contribution in [0.25, 0.3) is 0 Å². The molecule has 0 radical (unpaired) electrons. The average Bonchev–Trinajstić information content (AvgIpc) is 2.84. The molecule has 1 saturated carbocycles. The van der Waals surface area contributed by atoms with Crippen LogP contribution in [0.2, 0.25) is 0 Å². The lowest BCUT2D eigenvalue weighted by Gasteiger charge is -2.20. The van der Waals surface area contributed by atoms with E-state index in [1.165, 1.54) is 0 Å². The Labute approximate surface area is 137 Å². The Morgan fingerprint density at radius 3 is 2.48 bits per heavy atom. The minimum absolute atomic E-state index is 0. The van der Waals surface area contributed by atoms with Crippen molar-refractivity contribution >= 4 is 22.4 Å². The van der Waals surface area contributed by atoms with Crippen molar-refractivity contribution in [2.24, 2.45) is 11.7 Å². The van der Waals surface area contributed by atoms with Crippen molar-refractivity contribution in [1.29, 1.82) is 0 Å². The summed E-state index contributed by atoms with van der Waals surface area (Å²) in [5.41, 5.74) is 3.95. The largest absolute Gasteiger partial charge is 0.419 e. The van der Waals surface area contributed by atoms with Gasteiger partial charge in [0.1, 0.15) is 5.82 Å². The van der Waals surface area contributed by atoms with E-state index >= 15 is 0 Å². The number of halogens is 5. The number of nitrogens with one attached hydrogen (secondary N) is 1. The molecule has 132 valence electrons. The number of benzene rings is 1. The summed E-state index contributed by atoms with van der Waals surface area (Å²) >= 11 is 0. The van der Waals surface area contributed by atoms with Crippen LogP contribution in [0, 0.1) is 11.7 Å². The summed E-state index contributed by atoms with van der Waals surface area (Å²) in [5.74, 6) is -1.55. The standard InChI is InChI=1S/C13H16F4N2O2S.ClH/c14-11-5-4-9(6-10(11)13(15,16)17)22(20,21)19-12-3-1-2-8(12)7-18;/h4-6,8,12,19H,1-3,7,18H2;1H. The first kappa shape index (κ1) is 20.1. The van der Waals surface area contributed by atoms with E-state index < -0.39 is 38.5 Å². The maximum absolute atomic E-state index is 13.2. The molecule has 4 nitrogen and oxygen atoms in total. The van der Waals surface area contributed by atoms with Crippen molar-refractivity contribution in [3.8, 4) is 0 Å². The van der Waals surface area contributed by atoms with Crippen molar-refractivity contribution in [3.63, 3.8) is 0 Å². The van der Waals surface area contributed by atoms with Gasteiger partial charge in [0.05, 0.1) is 10.5 Å². The van der Waals surface area contributed by atoms with Crippen LogP contribution >= 0.6 is 12.4 Å². The fraction of sp³-hybridized carbons (Fsp3) is 0.538. The van der Waals surface area contributed by atoms with E-state index in [9.17, 15) is 26.0 Å². The average molecular weight is 377 g/mol. The molecule has 0 heterocycles. The van der Waals surface area contributed by atoms with E-state index in [-0.39, 0.29) is 18.3 Å². The first-order valence-corrected chi connectivity index (χ1v) is 8.22. The molecule has 0 saturated heterocycles. The highest BCUT2D eigenvalue weighted by Crippen LogP contribution is 2.33. The van der Waals surface area contributed by atoms with Gasteiger partial charge in [0, 0.05) is 6.04 Å². The Bertz CT molecular complexity index is 652. The molecule has 2 rings (SSSR count). The maximum Gasteiger partial charge on any atom is 0.419 e. The van der Waals surface area contributed by atoms with Crippen LogP contribution in [-0.2, 0) is 16.2 Å². The molecule has 0 aromatic heterocycles. The predicted octanol–water partition coefficient (Wildman–Crippen LogP) is 2.67. The van der Waals surface area contributed by atoms with Crippen molar-refractivity contribution < 1.29 is 26.0 Å². The second-order valence-corrected chi connectivity index (χ2v) is 7.01. The summed E-state index contributed by atoms with van der Waals surface area (Å²) in [4.78, 5) is -0.608. The first-order chi connectivity index (χ1) is 10.1. The molecule has 2 atom stereocenters. The first-order valence-electron chi connectivity index (χ1n) is 6.74. The number of nitrogens with two attached hydrogens (primary N) is 1. The summed E-state index contributed by atoms with van der Waals surface area (Å²) in [6.45, 7) is 0.296. The van der Waals surface area contributed by atoms with Gasteiger partial charge in [0.15, 0.2) is 0 Å². The lowest BCUT2D eigenvalue weighted by atomic mass is 10.1. The van der Waals surface area contributed by atoms with Crippen molar-refractivity contribution in [2.45, 2.75) is 36.4 Å². The van der Waals surface area contributed by atoms with Crippen LogP contribution < -0.4 is 10.5 Å². The molecule has 0 amide bonds. The van der Waals surface area contributed by atoms with Gasteiger partial charge in [-0.05, 0) is 43.5 Å². The predicted molar refractivity (Wildman–Crippen MR) is 79.2 cm³/mol. The smallest absolute Gasteiger partial charge is 0.330 e. The van der Waals surface area contributed by atoms with E-state index in [4.69, 9.17) is 5.73 Å². The van der Waals surface area contributed by atoms with E-state index in [2.05, 4.69) is 4.72 Å². The third-order valence-electron chi connectivity index (χ3n) is 3.82. The van der Waals surface area contributed by atoms with Gasteiger partial charge in [-0.15, -0.1) is 12.4 Å². The van der Waals surface area contributed by atoms with Crippen LogP contribution in [0.15, 0.2) is 23.1 Å². The van der Waals surface area contributed by atoms with Crippen molar-refractivity contribution in [2.75, 3.05) is 6.54 Å². The normalized spacial score (nSPS) is 22.0. The Balaban J connectivity index is 0.00000264. The van der Waals surface area contributed by atoms with Gasteiger partial charge in [-0.2, -0.15) is 13.2 Å². The molecule has 3 N–H and O–H groups in total. The van der Waals surface area contributed by atoms with Gasteiger partial charge in [0.25, 0.3) is 0 Å². The van der Waals surface area contributed by atoms with Gasteiger partial charge in [0.2, 0.25) is 10.0 Å². The minimum Gasteiger partial charge on any atom is -0.330 e. The summed E-state index contributed by atoms with van der Waals surface area (Å²) in [7, 11) is -4.16. The van der Waals surface area contributed by atoms with Gasteiger partial charge in [-0.3, -0.25) is 0 Å². The van der Waals surface area contributed by atoms with Gasteiger partial charge in [-0.1, -0.05) is 6.42 Å². The quantitative estimate of drug-likeness (QED) is 0.793. The summed E-state index contributed by atoms with van der Waals surface area (Å²) in [6.07, 6.45) is -2.82. The highest BCUT2D eigenvalue weighted by molar-refractivity contribution is 7.89. The molecule has 1 aliphatic carbocycles. The lowest BCUT2D eigenvalue weighted by molar-refractivity contribution is -0.140. The zero-order valence-corrected chi connectivity index (χ0v) is 13.6. The highest BCUT2D eigenvalue weighted by atomic mass is 35.5. The third-order valence-corrected chi connectivity index (χ3v) is 5.31. The van der Waals surface area contributed by atoms with Crippen LogP contribution in [0.5, 0.6) is 0 Å². The number of hydrogen-bond acceptors (Lipinski definition) is 3. The molecule has 10 heteroatoms. The molecular formula is C13H17ClF4N2O2S. The van der Waals surface area contributed by atoms with E-state index in [1.54, 1.807) is 0 Å². The zero-order chi connectivity index (χ0) is 16.5. The third kappa shape index (κ3) is 4.56. The van der Waals surface area contributed by atoms with Crippen LogP contribution in [0.3, 0.4) is 0 Å². The monoisotopic (exact) mass is 376 g/mol. The van der Waals surface area contributed by atoms with E-state index in [0.717, 1.165) is 18.9 Å². The molecule has 0 bridgehead atoms. The van der Waals surface area contributed by atoms with Crippen molar-refractivity contribution in [3.05, 3.63) is 29.6 Å². The highest BCUT2D eigenvalue weighted by Gasteiger charge is 2.36. The van der Waals surface area contributed by atoms with E-state index in [0.29, 0.717) is 25.1 Å². The van der Waals surface area contributed by atoms with Crippen molar-refractivity contribution in [1.82, 2.24) is 4.72 Å². The minimum atomic E-state index is -4.96. The topological polar surface area (TPSA) is 72.2 Å². The molecule has 1 aliphatic rings. The molecule has 0 spiro atoms. The van der Waals surface area contributed by atoms with Gasteiger partial charge < -0.3 is 5.73 Å². The molecule has 0 aliphatic heterocycles. The van der Waals surface area contributed by atoms with Gasteiger partial charge >= 0.3 is 6.18 Å². The van der Waals surface area contributed by atoms with Crippen LogP contribution in [0.4, 0.5) is 17.6 Å². The fourth-order valence-corrected chi connectivity index (χ4v) is 4.00. The lowest BCUT2D eigenvalue weighted by Crippen LogP contribution is -2.39. The molecule has 23 heavy (non-hydrogen) atoms.